The maximum atomic E-state index is 12.3. The Morgan fingerprint density at radius 1 is 1.04 bits per heavy atom. The normalized spacial score (nSPS) is 17.7. The molecular weight excluding hydrogens is 328 g/mol. The second-order valence-corrected chi connectivity index (χ2v) is 7.01. The minimum atomic E-state index is 0.280. The van der Waals surface area contributed by atoms with Gasteiger partial charge in [0.2, 0.25) is 5.91 Å². The average Bonchev–Trinajstić information content (AvgIpc) is 2.61. The third kappa shape index (κ3) is 3.61. The molecule has 2 aliphatic rings. The number of hydrogen-bond donors (Lipinski definition) is 1. The first-order valence-corrected chi connectivity index (χ1v) is 9.27. The zero-order valence-corrected chi connectivity index (χ0v) is 15.1. The number of rotatable bonds is 4. The Bertz CT molecular complexity index is 766. The first-order valence-electron chi connectivity index (χ1n) is 9.27. The molecule has 0 unspecified atom stereocenters. The molecule has 1 N–H and O–H groups in total. The molecule has 0 spiro atoms. The number of anilines is 3. The quantitative estimate of drug-likeness (QED) is 0.911. The van der Waals surface area contributed by atoms with Crippen LogP contribution in [0.5, 0.6) is 0 Å². The molecule has 2 aromatic rings. The molecular formula is C19H24N6O. The maximum Gasteiger partial charge on any atom is 0.225 e. The molecule has 7 nitrogen and oxygen atoms in total. The van der Waals surface area contributed by atoms with Gasteiger partial charge >= 0.3 is 0 Å². The summed E-state index contributed by atoms with van der Waals surface area (Å²) in [4.78, 5) is 20.9. The summed E-state index contributed by atoms with van der Waals surface area (Å²) in [5, 5.41) is 11.8. The molecule has 0 atom stereocenters. The number of nitrogens with zero attached hydrogens (tertiary/aromatic N) is 5. The van der Waals surface area contributed by atoms with Crippen molar-refractivity contribution in [1.82, 2.24) is 20.1 Å². The summed E-state index contributed by atoms with van der Waals surface area (Å²) < 4.78 is 0. The Labute approximate surface area is 153 Å². The number of hydrogen-bond acceptors (Lipinski definition) is 6. The minimum absolute atomic E-state index is 0.280. The van der Waals surface area contributed by atoms with Crippen LogP contribution in [0.4, 0.5) is 17.5 Å². The Morgan fingerprint density at radius 2 is 1.85 bits per heavy atom. The van der Waals surface area contributed by atoms with Crippen molar-refractivity contribution in [2.75, 3.05) is 36.4 Å². The SMILES string of the molecule is Cc1cccc(Nc2ccc(N3CCN(C(=O)C4CCC4)CC3)nn2)n1. The van der Waals surface area contributed by atoms with Crippen molar-refractivity contribution in [2.45, 2.75) is 26.2 Å². The fraction of sp³-hybridized carbons (Fsp3) is 0.474. The first-order chi connectivity index (χ1) is 12.7. The number of carbonyl (C=O) groups is 1. The first kappa shape index (κ1) is 16.8. The van der Waals surface area contributed by atoms with Crippen molar-refractivity contribution >= 4 is 23.4 Å². The molecule has 0 bridgehead atoms. The van der Waals surface area contributed by atoms with E-state index in [2.05, 4.69) is 25.4 Å². The van der Waals surface area contributed by atoms with Crippen LogP contribution in [-0.2, 0) is 4.79 Å². The number of nitrogens with one attached hydrogen (secondary N) is 1. The molecule has 1 amide bonds. The lowest BCUT2D eigenvalue weighted by Crippen LogP contribution is -2.51. The third-order valence-electron chi connectivity index (χ3n) is 5.16. The number of aryl methyl sites for hydroxylation is 1. The predicted molar refractivity (Wildman–Crippen MR) is 100 cm³/mol. The summed E-state index contributed by atoms with van der Waals surface area (Å²) in [6, 6.07) is 9.69. The zero-order valence-electron chi connectivity index (χ0n) is 15.1. The monoisotopic (exact) mass is 352 g/mol. The number of piperazine rings is 1. The molecule has 2 aromatic heterocycles. The molecule has 136 valence electrons. The molecule has 1 saturated carbocycles. The van der Waals surface area contributed by atoms with E-state index in [-0.39, 0.29) is 5.92 Å². The second kappa shape index (κ2) is 7.27. The van der Waals surface area contributed by atoms with E-state index in [1.54, 1.807) is 0 Å². The molecule has 1 aliphatic carbocycles. The molecule has 1 aliphatic heterocycles. The van der Waals surface area contributed by atoms with Crippen LogP contribution in [0.2, 0.25) is 0 Å². The number of amides is 1. The number of pyridine rings is 1. The van der Waals surface area contributed by atoms with E-state index in [0.717, 1.165) is 56.4 Å². The van der Waals surface area contributed by atoms with Gasteiger partial charge in [0, 0.05) is 37.8 Å². The van der Waals surface area contributed by atoms with Gasteiger partial charge in [0.15, 0.2) is 11.6 Å². The third-order valence-corrected chi connectivity index (χ3v) is 5.16. The summed E-state index contributed by atoms with van der Waals surface area (Å²) in [6.45, 7) is 5.10. The Kier molecular flexibility index (Phi) is 4.69. The Hall–Kier alpha value is -2.70. The minimum Gasteiger partial charge on any atom is -0.352 e. The van der Waals surface area contributed by atoms with Gasteiger partial charge in [-0.1, -0.05) is 12.5 Å². The van der Waals surface area contributed by atoms with Gasteiger partial charge in [-0.2, -0.15) is 0 Å². The highest BCUT2D eigenvalue weighted by atomic mass is 16.2. The van der Waals surface area contributed by atoms with Crippen LogP contribution < -0.4 is 10.2 Å². The highest BCUT2D eigenvalue weighted by molar-refractivity contribution is 5.79. The fourth-order valence-electron chi connectivity index (χ4n) is 3.37. The Balaban J connectivity index is 1.33. The zero-order chi connectivity index (χ0) is 17.9. The van der Waals surface area contributed by atoms with Gasteiger partial charge in [0.25, 0.3) is 0 Å². The van der Waals surface area contributed by atoms with Gasteiger partial charge in [0.05, 0.1) is 0 Å². The van der Waals surface area contributed by atoms with E-state index in [9.17, 15) is 4.79 Å². The van der Waals surface area contributed by atoms with Crippen LogP contribution in [0.15, 0.2) is 30.3 Å². The van der Waals surface area contributed by atoms with E-state index in [1.165, 1.54) is 6.42 Å². The van der Waals surface area contributed by atoms with Crippen molar-refractivity contribution in [3.05, 3.63) is 36.0 Å². The van der Waals surface area contributed by atoms with E-state index in [4.69, 9.17) is 0 Å². The van der Waals surface area contributed by atoms with E-state index in [0.29, 0.717) is 11.7 Å². The topological polar surface area (TPSA) is 74.2 Å². The molecule has 7 heteroatoms. The summed E-state index contributed by atoms with van der Waals surface area (Å²) in [7, 11) is 0. The van der Waals surface area contributed by atoms with Crippen molar-refractivity contribution in [2.24, 2.45) is 5.92 Å². The molecule has 4 rings (SSSR count). The van der Waals surface area contributed by atoms with Crippen LogP contribution in [-0.4, -0.2) is 52.2 Å². The van der Waals surface area contributed by atoms with Crippen molar-refractivity contribution in [3.63, 3.8) is 0 Å². The lowest BCUT2D eigenvalue weighted by Gasteiger charge is -2.38. The van der Waals surface area contributed by atoms with E-state index in [1.807, 2.05) is 42.2 Å². The van der Waals surface area contributed by atoms with Crippen LogP contribution in [0, 0.1) is 12.8 Å². The van der Waals surface area contributed by atoms with Gasteiger partial charge in [0.1, 0.15) is 5.82 Å². The lowest BCUT2D eigenvalue weighted by atomic mass is 9.84. The number of carbonyl (C=O) groups excluding carboxylic acids is 1. The van der Waals surface area contributed by atoms with Crippen LogP contribution in [0.25, 0.3) is 0 Å². The average molecular weight is 352 g/mol. The largest absolute Gasteiger partial charge is 0.352 e. The maximum absolute atomic E-state index is 12.3. The number of aromatic nitrogens is 3. The molecule has 3 heterocycles. The van der Waals surface area contributed by atoms with Crippen molar-refractivity contribution < 1.29 is 4.79 Å². The van der Waals surface area contributed by atoms with Gasteiger partial charge in [-0.3, -0.25) is 4.79 Å². The Morgan fingerprint density at radius 3 is 2.46 bits per heavy atom. The van der Waals surface area contributed by atoms with E-state index >= 15 is 0 Å². The van der Waals surface area contributed by atoms with Gasteiger partial charge in [-0.25, -0.2) is 4.98 Å². The summed E-state index contributed by atoms with van der Waals surface area (Å²) in [5.74, 6) is 2.90. The highest BCUT2D eigenvalue weighted by Gasteiger charge is 2.31. The summed E-state index contributed by atoms with van der Waals surface area (Å²) >= 11 is 0. The van der Waals surface area contributed by atoms with Crippen molar-refractivity contribution in [1.29, 1.82) is 0 Å². The standard InChI is InChI=1S/C19H24N6O/c1-14-4-2-7-16(20-14)21-17-8-9-18(23-22-17)24-10-12-25(13-11-24)19(26)15-5-3-6-15/h2,4,7-9,15H,3,5-6,10-13H2,1H3,(H,20,21,22). The molecule has 2 fully saturated rings. The predicted octanol–water partition coefficient (Wildman–Crippen LogP) is 2.37. The summed E-state index contributed by atoms with van der Waals surface area (Å²) in [5.41, 5.74) is 0.953. The van der Waals surface area contributed by atoms with Gasteiger partial charge < -0.3 is 15.1 Å². The van der Waals surface area contributed by atoms with Gasteiger partial charge in [-0.05, 0) is 44.0 Å². The molecule has 0 aromatic carbocycles. The molecule has 0 radical (unpaired) electrons. The van der Waals surface area contributed by atoms with Crippen LogP contribution in [0.1, 0.15) is 25.0 Å². The fourth-order valence-corrected chi connectivity index (χ4v) is 3.37. The van der Waals surface area contributed by atoms with Gasteiger partial charge in [-0.15, -0.1) is 10.2 Å². The lowest BCUT2D eigenvalue weighted by molar-refractivity contribution is -0.138. The highest BCUT2D eigenvalue weighted by Crippen LogP contribution is 2.28. The summed E-state index contributed by atoms with van der Waals surface area (Å²) in [6.07, 6.45) is 3.33. The van der Waals surface area contributed by atoms with Crippen molar-refractivity contribution in [3.8, 4) is 0 Å². The van der Waals surface area contributed by atoms with Crippen LogP contribution in [0.3, 0.4) is 0 Å². The van der Waals surface area contributed by atoms with E-state index < -0.39 is 0 Å². The molecule has 1 saturated heterocycles. The molecule has 26 heavy (non-hydrogen) atoms. The smallest absolute Gasteiger partial charge is 0.225 e. The second-order valence-electron chi connectivity index (χ2n) is 7.01. The van der Waals surface area contributed by atoms with Crippen LogP contribution >= 0.6 is 0 Å².